The van der Waals surface area contributed by atoms with E-state index in [0.29, 0.717) is 12.5 Å². The fraction of sp³-hybridized carbons (Fsp3) is 0.719. The van der Waals surface area contributed by atoms with E-state index < -0.39 is 23.7 Å². The molecule has 0 spiro atoms. The second kappa shape index (κ2) is 13.9. The van der Waals surface area contributed by atoms with Crippen LogP contribution in [0.5, 0.6) is 0 Å². The van der Waals surface area contributed by atoms with Crippen LogP contribution in [-0.4, -0.2) is 64.0 Å². The van der Waals surface area contributed by atoms with E-state index in [0.717, 1.165) is 37.1 Å². The maximum Gasteiger partial charge on any atom is 0.408 e. The number of aromatic nitrogens is 2. The van der Waals surface area contributed by atoms with Crippen LogP contribution in [0.3, 0.4) is 0 Å². The van der Waals surface area contributed by atoms with Crippen molar-refractivity contribution in [3.63, 3.8) is 0 Å². The maximum absolute atomic E-state index is 13.7. The van der Waals surface area contributed by atoms with Crippen LogP contribution in [0.15, 0.2) is 29.1 Å². The Morgan fingerprint density at radius 2 is 1.68 bits per heavy atom. The third-order valence-corrected chi connectivity index (χ3v) is 8.56. The number of ether oxygens (including phenoxy) is 2. The maximum atomic E-state index is 13.7. The van der Waals surface area contributed by atoms with Gasteiger partial charge in [0.15, 0.2) is 0 Å². The Hall–Kier alpha value is -2.81. The van der Waals surface area contributed by atoms with E-state index in [-0.39, 0.29) is 24.3 Å². The van der Waals surface area contributed by atoms with E-state index in [1.54, 1.807) is 27.7 Å². The Morgan fingerprint density at radius 3 is 2.34 bits per heavy atom. The number of carbonyl (C=O) groups excluding carboxylic acids is 2. The lowest BCUT2D eigenvalue weighted by molar-refractivity contribution is -0.148. The summed E-state index contributed by atoms with van der Waals surface area (Å²) in [6.07, 6.45) is 9.34. The van der Waals surface area contributed by atoms with E-state index in [1.807, 2.05) is 40.3 Å². The number of nitrogens with zero attached hydrogens (tertiary/aromatic N) is 3. The molecule has 1 N–H and O–H groups in total. The van der Waals surface area contributed by atoms with Gasteiger partial charge < -0.3 is 19.7 Å². The smallest absolute Gasteiger partial charge is 0.408 e. The Labute approximate surface area is 244 Å². The van der Waals surface area contributed by atoms with E-state index in [4.69, 9.17) is 9.47 Å². The van der Waals surface area contributed by atoms with Gasteiger partial charge in [-0.2, -0.15) is 0 Å². The number of likely N-dealkylation sites (tertiary alicyclic amines) is 1. The van der Waals surface area contributed by atoms with Gasteiger partial charge in [0.25, 0.3) is 0 Å². The van der Waals surface area contributed by atoms with Crippen LogP contribution in [0, 0.1) is 11.8 Å². The summed E-state index contributed by atoms with van der Waals surface area (Å²) in [5, 5.41) is 2.58. The Bertz CT molecular complexity index is 1220. The van der Waals surface area contributed by atoms with Gasteiger partial charge in [0.1, 0.15) is 11.6 Å². The van der Waals surface area contributed by atoms with Gasteiger partial charge in [0.2, 0.25) is 0 Å². The number of esters is 1. The molecule has 2 heterocycles. The van der Waals surface area contributed by atoms with Crippen molar-refractivity contribution in [2.24, 2.45) is 11.8 Å². The number of hydrogen-bond acceptors (Lipinski definition) is 6. The lowest BCUT2D eigenvalue weighted by Gasteiger charge is -2.40. The third kappa shape index (κ3) is 8.15. The van der Waals surface area contributed by atoms with Crippen LogP contribution < -0.4 is 11.0 Å². The number of benzene rings is 1. The molecule has 1 aliphatic heterocycles. The van der Waals surface area contributed by atoms with Crippen molar-refractivity contribution in [3.8, 4) is 0 Å². The van der Waals surface area contributed by atoms with Crippen molar-refractivity contribution in [2.45, 2.75) is 110 Å². The van der Waals surface area contributed by atoms with Gasteiger partial charge in [0, 0.05) is 38.1 Å². The fourth-order valence-electron chi connectivity index (χ4n) is 6.57. The lowest BCUT2D eigenvalue weighted by atomic mass is 9.88. The Balaban J connectivity index is 1.51. The predicted octanol–water partition coefficient (Wildman–Crippen LogP) is 5.50. The molecular weight excluding hydrogens is 520 g/mol. The monoisotopic (exact) mass is 570 g/mol. The van der Waals surface area contributed by atoms with Gasteiger partial charge in [0.05, 0.1) is 17.6 Å². The second-order valence-electron chi connectivity index (χ2n) is 13.0. The number of amides is 1. The average Bonchev–Trinajstić information content (AvgIpc) is 3.18. The minimum atomic E-state index is -0.845. The van der Waals surface area contributed by atoms with Gasteiger partial charge in [-0.15, -0.1) is 0 Å². The van der Waals surface area contributed by atoms with E-state index >= 15 is 0 Å². The Morgan fingerprint density at radius 1 is 1.02 bits per heavy atom. The number of imidazole rings is 1. The summed E-state index contributed by atoms with van der Waals surface area (Å²) < 4.78 is 14.9. The highest BCUT2D eigenvalue weighted by Crippen LogP contribution is 2.32. The molecule has 9 nitrogen and oxygen atoms in total. The second-order valence-corrected chi connectivity index (χ2v) is 13.0. The van der Waals surface area contributed by atoms with Crippen molar-refractivity contribution >= 4 is 23.1 Å². The molecule has 228 valence electrons. The predicted molar refractivity (Wildman–Crippen MR) is 161 cm³/mol. The molecule has 9 heteroatoms. The molecule has 1 aromatic heterocycles. The first-order valence-electron chi connectivity index (χ1n) is 15.7. The Kier molecular flexibility index (Phi) is 10.6. The molecule has 0 radical (unpaired) electrons. The van der Waals surface area contributed by atoms with Gasteiger partial charge in [-0.1, -0.05) is 44.2 Å². The van der Waals surface area contributed by atoms with Crippen LogP contribution in [0.1, 0.15) is 92.0 Å². The number of para-hydroxylation sites is 2. The van der Waals surface area contributed by atoms with Gasteiger partial charge in [-0.25, -0.2) is 14.4 Å². The molecule has 2 fully saturated rings. The molecular formula is C32H50N4O5. The molecule has 0 bridgehead atoms. The van der Waals surface area contributed by atoms with Crippen molar-refractivity contribution in [2.75, 3.05) is 26.2 Å². The number of carbonyl (C=O) groups is 2. The van der Waals surface area contributed by atoms with E-state index in [1.165, 1.54) is 44.9 Å². The molecule has 1 saturated carbocycles. The summed E-state index contributed by atoms with van der Waals surface area (Å²) in [4.78, 5) is 41.3. The van der Waals surface area contributed by atoms with Gasteiger partial charge in [-0.3, -0.25) is 9.13 Å². The van der Waals surface area contributed by atoms with Crippen molar-refractivity contribution in [1.82, 2.24) is 19.4 Å². The molecule has 3 atom stereocenters. The topological polar surface area (TPSA) is 94.8 Å². The number of rotatable bonds is 8. The largest absolute Gasteiger partial charge is 0.464 e. The molecule has 2 aliphatic rings. The molecule has 1 aromatic carbocycles. The van der Waals surface area contributed by atoms with Crippen LogP contribution >= 0.6 is 0 Å². The average molecular weight is 571 g/mol. The molecule has 1 saturated heterocycles. The summed E-state index contributed by atoms with van der Waals surface area (Å²) in [7, 11) is 0. The summed E-state index contributed by atoms with van der Waals surface area (Å²) in [5.41, 5.74) is 1.19. The zero-order chi connectivity index (χ0) is 29.6. The number of hydrogen-bond donors (Lipinski definition) is 1. The molecule has 41 heavy (non-hydrogen) atoms. The molecule has 4 rings (SSSR count). The normalized spacial score (nSPS) is 22.1. The highest BCUT2D eigenvalue weighted by atomic mass is 16.6. The first kappa shape index (κ1) is 31.1. The minimum Gasteiger partial charge on any atom is -0.464 e. The fourth-order valence-corrected chi connectivity index (χ4v) is 6.57. The van der Waals surface area contributed by atoms with Gasteiger partial charge in [-0.05, 0) is 71.9 Å². The first-order valence-corrected chi connectivity index (χ1v) is 15.7. The van der Waals surface area contributed by atoms with Crippen LogP contribution in [0.4, 0.5) is 4.79 Å². The zero-order valence-corrected chi connectivity index (χ0v) is 25.7. The standard InChI is InChI=1S/C32H50N4O5/c1-6-35-27-16-12-13-17-28(27)36(31(35)39)26-18-19-34(20-24-14-10-8-7-9-11-15-24)21-25(26)22-40-29(37)23(2)33-30(38)41-32(3,4)5/h12-13,16-17,23-26H,6-11,14-15,18-22H2,1-5H3,(H,33,38)/t23-,25-,26+/m0/s1. The number of fused-ring (bicyclic) bond motifs is 1. The highest BCUT2D eigenvalue weighted by molar-refractivity contribution is 5.81. The van der Waals surface area contributed by atoms with Crippen LogP contribution in [0.25, 0.3) is 11.0 Å². The summed E-state index contributed by atoms with van der Waals surface area (Å²) in [6.45, 7) is 12.4. The van der Waals surface area contributed by atoms with Crippen molar-refractivity contribution < 1.29 is 19.1 Å². The lowest BCUT2D eigenvalue weighted by Crippen LogP contribution is -2.48. The quantitative estimate of drug-likeness (QED) is 0.421. The molecule has 1 amide bonds. The molecule has 2 aromatic rings. The highest BCUT2D eigenvalue weighted by Gasteiger charge is 2.35. The number of nitrogens with one attached hydrogen (secondary N) is 1. The van der Waals surface area contributed by atoms with Crippen LogP contribution in [-0.2, 0) is 20.8 Å². The third-order valence-electron chi connectivity index (χ3n) is 8.56. The summed E-state index contributed by atoms with van der Waals surface area (Å²) in [6, 6.07) is 7.02. The van der Waals surface area contributed by atoms with E-state index in [9.17, 15) is 14.4 Å². The van der Waals surface area contributed by atoms with Gasteiger partial charge >= 0.3 is 17.8 Å². The summed E-state index contributed by atoms with van der Waals surface area (Å²) in [5.74, 6) is 0.136. The summed E-state index contributed by atoms with van der Waals surface area (Å²) >= 11 is 0. The minimum absolute atomic E-state index is 0.0107. The molecule has 0 unspecified atom stereocenters. The van der Waals surface area contributed by atoms with Crippen molar-refractivity contribution in [1.29, 1.82) is 0 Å². The zero-order valence-electron chi connectivity index (χ0n) is 25.7. The SMILES string of the molecule is CCn1c(=O)n([C@@H]2CCN(CC3CCCCCCC3)C[C@H]2COC(=O)[C@H](C)NC(=O)OC(C)(C)C)c2ccccc21. The van der Waals surface area contributed by atoms with Crippen LogP contribution in [0.2, 0.25) is 0 Å². The number of alkyl carbamates (subject to hydrolysis) is 1. The number of piperidine rings is 1. The molecule has 1 aliphatic carbocycles. The van der Waals surface area contributed by atoms with E-state index in [2.05, 4.69) is 10.2 Å². The number of aryl methyl sites for hydroxylation is 1. The first-order chi connectivity index (χ1) is 19.6. The van der Waals surface area contributed by atoms with Crippen molar-refractivity contribution in [3.05, 3.63) is 34.7 Å².